The number of ether oxygens (including phenoxy) is 1. The van der Waals surface area contributed by atoms with Gasteiger partial charge in [0.25, 0.3) is 5.91 Å². The minimum atomic E-state index is -1.38. The Morgan fingerprint density at radius 3 is 2.22 bits per heavy atom. The van der Waals surface area contributed by atoms with Gasteiger partial charge in [-0.15, -0.1) is 0 Å². The van der Waals surface area contributed by atoms with Gasteiger partial charge in [-0.1, -0.05) is 29.8 Å². The quantitative estimate of drug-likeness (QED) is 0.631. The van der Waals surface area contributed by atoms with Crippen molar-refractivity contribution < 1.29 is 23.8 Å². The van der Waals surface area contributed by atoms with Crippen LogP contribution in [0.5, 0.6) is 11.5 Å². The molecule has 136 valence electrons. The Labute approximate surface area is 159 Å². The van der Waals surface area contributed by atoms with Crippen molar-refractivity contribution in [2.24, 2.45) is 0 Å². The summed E-state index contributed by atoms with van der Waals surface area (Å²) in [4.78, 5) is 23.6. The lowest BCUT2D eigenvalue weighted by Crippen LogP contribution is -2.15. The lowest BCUT2D eigenvalue weighted by atomic mass is 10.1. The Kier molecular flexibility index (Phi) is 5.38. The van der Waals surface area contributed by atoms with Gasteiger partial charge in [0.2, 0.25) is 0 Å². The molecule has 0 bridgehead atoms. The van der Waals surface area contributed by atoms with E-state index in [1.807, 2.05) is 18.2 Å². The molecule has 0 aliphatic rings. The van der Waals surface area contributed by atoms with Crippen LogP contribution in [0.4, 0.5) is 10.1 Å². The average molecular weight is 386 g/mol. The number of carboxylic acid groups (broad SMARTS) is 1. The number of rotatable bonds is 5. The largest absolute Gasteiger partial charge is 0.478 e. The summed E-state index contributed by atoms with van der Waals surface area (Å²) in [5.41, 5.74) is -0.218. The van der Waals surface area contributed by atoms with Gasteiger partial charge < -0.3 is 15.2 Å². The molecule has 0 aliphatic heterocycles. The van der Waals surface area contributed by atoms with Crippen LogP contribution in [0.25, 0.3) is 0 Å². The molecule has 27 heavy (non-hydrogen) atoms. The number of hydrogen-bond acceptors (Lipinski definition) is 3. The Morgan fingerprint density at radius 1 is 0.963 bits per heavy atom. The predicted octanol–water partition coefficient (Wildman–Crippen LogP) is 5.22. The first kappa shape index (κ1) is 18.4. The summed E-state index contributed by atoms with van der Waals surface area (Å²) in [6.07, 6.45) is 0. The van der Waals surface area contributed by atoms with Crippen LogP contribution in [0.15, 0.2) is 66.7 Å². The molecule has 3 rings (SSSR count). The highest BCUT2D eigenvalue weighted by molar-refractivity contribution is 6.31. The first-order chi connectivity index (χ1) is 12.9. The van der Waals surface area contributed by atoms with Gasteiger partial charge in [-0.25, -0.2) is 9.18 Å². The average Bonchev–Trinajstić information content (AvgIpc) is 2.65. The fraction of sp³-hybridized carbons (Fsp3) is 0. The number of anilines is 1. The third kappa shape index (κ3) is 4.43. The van der Waals surface area contributed by atoms with Gasteiger partial charge in [0.05, 0.1) is 16.3 Å². The third-order valence-electron chi connectivity index (χ3n) is 3.63. The molecule has 5 nitrogen and oxygen atoms in total. The number of carbonyl (C=O) groups excluding carboxylic acids is 1. The van der Waals surface area contributed by atoms with Gasteiger partial charge in [-0.05, 0) is 48.5 Å². The van der Waals surface area contributed by atoms with Crippen LogP contribution in [0, 0.1) is 5.82 Å². The van der Waals surface area contributed by atoms with E-state index in [9.17, 15) is 14.0 Å². The number of halogens is 2. The minimum Gasteiger partial charge on any atom is -0.478 e. The van der Waals surface area contributed by atoms with E-state index in [0.717, 1.165) is 12.1 Å². The summed E-state index contributed by atoms with van der Waals surface area (Å²) in [6, 6.07) is 17.2. The van der Waals surface area contributed by atoms with Gasteiger partial charge >= 0.3 is 5.97 Å². The molecule has 0 atom stereocenters. The first-order valence-corrected chi connectivity index (χ1v) is 8.18. The van der Waals surface area contributed by atoms with E-state index in [4.69, 9.17) is 21.4 Å². The molecular weight excluding hydrogens is 373 g/mol. The maximum atomic E-state index is 13.5. The zero-order valence-electron chi connectivity index (χ0n) is 13.8. The summed E-state index contributed by atoms with van der Waals surface area (Å²) < 4.78 is 19.1. The molecule has 0 fully saturated rings. The predicted molar refractivity (Wildman–Crippen MR) is 99.3 cm³/mol. The van der Waals surface area contributed by atoms with Crippen molar-refractivity contribution in [3.63, 3.8) is 0 Å². The molecule has 7 heteroatoms. The number of nitrogens with one attached hydrogen (secondary N) is 1. The SMILES string of the molecule is O=C(Nc1cc(Cl)c(F)cc1C(=O)O)c1ccc(Oc2ccccc2)cc1. The van der Waals surface area contributed by atoms with Crippen LogP contribution in [0.3, 0.4) is 0 Å². The Balaban J connectivity index is 1.77. The Bertz CT molecular complexity index is 991. The summed E-state index contributed by atoms with van der Waals surface area (Å²) in [7, 11) is 0. The number of carboxylic acids is 1. The van der Waals surface area contributed by atoms with Crippen molar-refractivity contribution in [3.05, 3.63) is 88.7 Å². The lowest BCUT2D eigenvalue weighted by molar-refractivity contribution is 0.0697. The Morgan fingerprint density at radius 2 is 1.59 bits per heavy atom. The van der Waals surface area contributed by atoms with Gasteiger partial charge in [0.15, 0.2) is 0 Å². The van der Waals surface area contributed by atoms with E-state index in [1.54, 1.807) is 24.3 Å². The van der Waals surface area contributed by atoms with Crippen LogP contribution in [-0.4, -0.2) is 17.0 Å². The van der Waals surface area contributed by atoms with E-state index in [2.05, 4.69) is 5.32 Å². The number of amides is 1. The molecule has 0 heterocycles. The van der Waals surface area contributed by atoms with Gasteiger partial charge in [-0.3, -0.25) is 4.79 Å². The number of hydrogen-bond donors (Lipinski definition) is 2. The summed E-state index contributed by atoms with van der Waals surface area (Å²) in [5, 5.41) is 11.3. The second kappa shape index (κ2) is 7.88. The van der Waals surface area contributed by atoms with E-state index < -0.39 is 23.3 Å². The molecule has 3 aromatic rings. The molecular formula is C20H13ClFNO4. The summed E-state index contributed by atoms with van der Waals surface area (Å²) in [5.74, 6) is -1.64. The van der Waals surface area contributed by atoms with Crippen molar-refractivity contribution in [2.45, 2.75) is 0 Å². The fourth-order valence-electron chi connectivity index (χ4n) is 2.32. The van der Waals surface area contributed by atoms with Gasteiger partial charge in [0.1, 0.15) is 17.3 Å². The highest BCUT2D eigenvalue weighted by Gasteiger charge is 2.17. The number of aromatic carboxylic acids is 1. The van der Waals surface area contributed by atoms with Crippen molar-refractivity contribution in [1.82, 2.24) is 0 Å². The van der Waals surface area contributed by atoms with E-state index in [-0.39, 0.29) is 16.3 Å². The van der Waals surface area contributed by atoms with Gasteiger partial charge in [-0.2, -0.15) is 0 Å². The molecule has 0 saturated carbocycles. The molecule has 1 amide bonds. The molecule has 0 radical (unpaired) electrons. The topological polar surface area (TPSA) is 75.6 Å². The van der Waals surface area contributed by atoms with E-state index >= 15 is 0 Å². The van der Waals surface area contributed by atoms with Crippen molar-refractivity contribution in [1.29, 1.82) is 0 Å². The highest BCUT2D eigenvalue weighted by atomic mass is 35.5. The van der Waals surface area contributed by atoms with Crippen LogP contribution in [-0.2, 0) is 0 Å². The summed E-state index contributed by atoms with van der Waals surface area (Å²) in [6.45, 7) is 0. The number of benzene rings is 3. The molecule has 2 N–H and O–H groups in total. The maximum Gasteiger partial charge on any atom is 0.337 e. The van der Waals surface area contributed by atoms with E-state index in [1.165, 1.54) is 12.1 Å². The molecule has 0 spiro atoms. The smallest absolute Gasteiger partial charge is 0.337 e. The molecule has 0 aliphatic carbocycles. The maximum absolute atomic E-state index is 13.5. The zero-order chi connectivity index (χ0) is 19.4. The van der Waals surface area contributed by atoms with Crippen molar-refractivity contribution in [2.75, 3.05) is 5.32 Å². The third-order valence-corrected chi connectivity index (χ3v) is 3.92. The van der Waals surface area contributed by atoms with E-state index in [0.29, 0.717) is 11.5 Å². The highest BCUT2D eigenvalue weighted by Crippen LogP contribution is 2.26. The fourth-order valence-corrected chi connectivity index (χ4v) is 2.48. The molecule has 0 aromatic heterocycles. The second-order valence-corrected chi connectivity index (χ2v) is 5.92. The second-order valence-electron chi connectivity index (χ2n) is 5.51. The van der Waals surface area contributed by atoms with Crippen molar-refractivity contribution >= 4 is 29.2 Å². The number of para-hydroxylation sites is 1. The van der Waals surface area contributed by atoms with Gasteiger partial charge in [0, 0.05) is 5.56 Å². The molecule has 0 saturated heterocycles. The van der Waals surface area contributed by atoms with Crippen LogP contribution < -0.4 is 10.1 Å². The normalized spacial score (nSPS) is 10.3. The minimum absolute atomic E-state index is 0.0940. The molecule has 0 unspecified atom stereocenters. The first-order valence-electron chi connectivity index (χ1n) is 7.80. The van der Waals surface area contributed by atoms with Crippen LogP contribution in [0.2, 0.25) is 5.02 Å². The zero-order valence-corrected chi connectivity index (χ0v) is 14.5. The van der Waals surface area contributed by atoms with Crippen LogP contribution >= 0.6 is 11.6 Å². The standard InChI is InChI=1S/C20H13ClFNO4/c21-16-11-18(15(20(25)26)10-17(16)22)23-19(24)12-6-8-14(9-7-12)27-13-4-2-1-3-5-13/h1-11H,(H,23,24)(H,25,26). The lowest BCUT2D eigenvalue weighted by Gasteiger charge is -2.10. The summed E-state index contributed by atoms with van der Waals surface area (Å²) >= 11 is 5.68. The van der Waals surface area contributed by atoms with Crippen molar-refractivity contribution in [3.8, 4) is 11.5 Å². The monoisotopic (exact) mass is 385 g/mol. The number of carbonyl (C=O) groups is 2. The molecule has 3 aromatic carbocycles. The Hall–Kier alpha value is -3.38. The van der Waals surface area contributed by atoms with Crippen LogP contribution in [0.1, 0.15) is 20.7 Å².